The molecule has 0 saturated heterocycles. The molecular formula is C10H11BrF3NO4S. The van der Waals surface area contributed by atoms with Gasteiger partial charge in [-0.3, -0.25) is 4.72 Å². The van der Waals surface area contributed by atoms with E-state index in [0.717, 1.165) is 18.2 Å². The molecule has 10 heteroatoms. The van der Waals surface area contributed by atoms with Crippen LogP contribution >= 0.6 is 15.9 Å². The van der Waals surface area contributed by atoms with Crippen LogP contribution in [0.3, 0.4) is 0 Å². The van der Waals surface area contributed by atoms with Crippen LogP contribution in [0.5, 0.6) is 5.75 Å². The second-order valence-corrected chi connectivity index (χ2v) is 6.39. The summed E-state index contributed by atoms with van der Waals surface area (Å²) in [4.78, 5) is 0. The Balaban J connectivity index is 2.83. The molecule has 0 fully saturated rings. The van der Waals surface area contributed by atoms with E-state index in [9.17, 15) is 21.6 Å². The molecule has 0 aliphatic heterocycles. The summed E-state index contributed by atoms with van der Waals surface area (Å²) < 4.78 is 65.1. The summed E-state index contributed by atoms with van der Waals surface area (Å²) in [6.07, 6.45) is -4.77. The van der Waals surface area contributed by atoms with Crippen molar-refractivity contribution in [1.82, 2.24) is 0 Å². The van der Waals surface area contributed by atoms with Crippen LogP contribution in [0.2, 0.25) is 0 Å². The number of hydrogen-bond donors (Lipinski definition) is 2. The van der Waals surface area contributed by atoms with Gasteiger partial charge in [0, 0.05) is 12.3 Å². The maximum absolute atomic E-state index is 12.1. The SMILES string of the molecule is O=S(=O)(CCCO)Nc1ccc(OC(F)(F)F)c(Br)c1. The molecule has 0 saturated carbocycles. The van der Waals surface area contributed by atoms with Crippen molar-refractivity contribution < 1.29 is 31.4 Å². The highest BCUT2D eigenvalue weighted by Gasteiger charge is 2.32. The zero-order valence-electron chi connectivity index (χ0n) is 9.95. The van der Waals surface area contributed by atoms with E-state index in [1.165, 1.54) is 0 Å². The molecule has 0 bridgehead atoms. The molecule has 0 atom stereocenters. The van der Waals surface area contributed by atoms with Gasteiger partial charge in [0.2, 0.25) is 10.0 Å². The molecule has 0 aliphatic rings. The van der Waals surface area contributed by atoms with E-state index >= 15 is 0 Å². The second-order valence-electron chi connectivity index (χ2n) is 3.69. The summed E-state index contributed by atoms with van der Waals surface area (Å²) in [5.41, 5.74) is 0.0874. The molecule has 0 amide bonds. The molecule has 5 nitrogen and oxygen atoms in total. The van der Waals surface area contributed by atoms with Crippen LogP contribution in [-0.4, -0.2) is 32.2 Å². The Morgan fingerprint density at radius 1 is 1.35 bits per heavy atom. The lowest BCUT2D eigenvalue weighted by atomic mass is 10.3. The largest absolute Gasteiger partial charge is 0.573 e. The third-order valence-corrected chi connectivity index (χ3v) is 3.99. The van der Waals surface area contributed by atoms with E-state index in [2.05, 4.69) is 25.4 Å². The van der Waals surface area contributed by atoms with Crippen molar-refractivity contribution in [2.75, 3.05) is 17.1 Å². The fraction of sp³-hybridized carbons (Fsp3) is 0.400. The zero-order valence-corrected chi connectivity index (χ0v) is 12.3. The van der Waals surface area contributed by atoms with E-state index < -0.39 is 22.1 Å². The number of aliphatic hydroxyl groups excluding tert-OH is 1. The van der Waals surface area contributed by atoms with Crippen molar-refractivity contribution in [3.63, 3.8) is 0 Å². The van der Waals surface area contributed by atoms with Gasteiger partial charge in [0.15, 0.2) is 0 Å². The Bertz CT molecular complexity index is 562. The number of ether oxygens (including phenoxy) is 1. The molecule has 20 heavy (non-hydrogen) atoms. The van der Waals surface area contributed by atoms with Gasteiger partial charge in [0.05, 0.1) is 10.2 Å². The van der Waals surface area contributed by atoms with E-state index in [4.69, 9.17) is 5.11 Å². The molecule has 1 aromatic carbocycles. The summed E-state index contributed by atoms with van der Waals surface area (Å²) in [6.45, 7) is -0.275. The minimum absolute atomic E-state index is 0.0443. The van der Waals surface area contributed by atoms with Crippen LogP contribution in [-0.2, 0) is 10.0 Å². The summed E-state index contributed by atoms with van der Waals surface area (Å²) in [5, 5.41) is 8.56. The van der Waals surface area contributed by atoms with Crippen LogP contribution in [0.4, 0.5) is 18.9 Å². The monoisotopic (exact) mass is 377 g/mol. The van der Waals surface area contributed by atoms with Crippen LogP contribution < -0.4 is 9.46 Å². The van der Waals surface area contributed by atoms with Crippen LogP contribution in [0.25, 0.3) is 0 Å². The molecule has 114 valence electrons. The molecule has 0 spiro atoms. The first-order valence-corrected chi connectivity index (χ1v) is 7.74. The van der Waals surface area contributed by atoms with Gasteiger partial charge in [0.25, 0.3) is 0 Å². The van der Waals surface area contributed by atoms with E-state index in [-0.39, 0.29) is 28.9 Å². The molecule has 1 rings (SSSR count). The lowest BCUT2D eigenvalue weighted by molar-refractivity contribution is -0.274. The number of hydrogen-bond acceptors (Lipinski definition) is 4. The quantitative estimate of drug-likeness (QED) is 0.798. The Morgan fingerprint density at radius 2 is 2.00 bits per heavy atom. The summed E-state index contributed by atoms with van der Waals surface area (Å²) in [7, 11) is -3.66. The minimum Gasteiger partial charge on any atom is -0.405 e. The first-order valence-electron chi connectivity index (χ1n) is 5.29. The maximum atomic E-state index is 12.1. The van der Waals surface area contributed by atoms with Gasteiger partial charge in [0.1, 0.15) is 5.75 Å². The van der Waals surface area contributed by atoms with Crippen molar-refractivity contribution in [3.05, 3.63) is 22.7 Å². The number of halogens is 4. The number of nitrogens with one attached hydrogen (secondary N) is 1. The number of alkyl halides is 3. The highest BCUT2D eigenvalue weighted by Crippen LogP contribution is 2.32. The summed E-state index contributed by atoms with van der Waals surface area (Å²) >= 11 is 2.86. The second kappa shape index (κ2) is 6.64. The number of aliphatic hydroxyl groups is 1. The predicted octanol–water partition coefficient (Wildman–Crippen LogP) is 2.47. The Morgan fingerprint density at radius 3 is 2.50 bits per heavy atom. The van der Waals surface area contributed by atoms with Gasteiger partial charge in [-0.1, -0.05) is 0 Å². The first kappa shape index (κ1) is 17.1. The number of sulfonamides is 1. The van der Waals surface area contributed by atoms with Crippen molar-refractivity contribution in [2.24, 2.45) is 0 Å². The van der Waals surface area contributed by atoms with Crippen molar-refractivity contribution in [1.29, 1.82) is 0 Å². The van der Waals surface area contributed by atoms with Crippen LogP contribution in [0.15, 0.2) is 22.7 Å². The van der Waals surface area contributed by atoms with E-state index in [1.807, 2.05) is 0 Å². The molecule has 0 unspecified atom stereocenters. The van der Waals surface area contributed by atoms with Crippen LogP contribution in [0, 0.1) is 0 Å². The average Bonchev–Trinajstić information content (AvgIpc) is 2.28. The van der Waals surface area contributed by atoms with E-state index in [0.29, 0.717) is 0 Å². The smallest absolute Gasteiger partial charge is 0.405 e. The number of benzene rings is 1. The zero-order chi connectivity index (χ0) is 15.4. The van der Waals surface area contributed by atoms with E-state index in [1.54, 1.807) is 0 Å². The maximum Gasteiger partial charge on any atom is 0.573 e. The summed E-state index contributed by atoms with van der Waals surface area (Å²) in [6, 6.07) is 3.28. The Kier molecular flexibility index (Phi) is 5.66. The molecule has 1 aromatic rings. The number of rotatable bonds is 6. The van der Waals surface area contributed by atoms with Crippen molar-refractivity contribution in [3.8, 4) is 5.75 Å². The van der Waals surface area contributed by atoms with Gasteiger partial charge in [-0.25, -0.2) is 8.42 Å². The van der Waals surface area contributed by atoms with Gasteiger partial charge < -0.3 is 9.84 Å². The predicted molar refractivity (Wildman–Crippen MR) is 69.9 cm³/mol. The summed E-state index contributed by atoms with van der Waals surface area (Å²) in [5.74, 6) is -0.766. The normalized spacial score (nSPS) is 12.2. The molecule has 0 aliphatic carbocycles. The highest BCUT2D eigenvalue weighted by atomic mass is 79.9. The minimum atomic E-state index is -4.83. The number of anilines is 1. The topological polar surface area (TPSA) is 75.6 Å². The van der Waals surface area contributed by atoms with Crippen molar-refractivity contribution >= 4 is 31.6 Å². The molecule has 2 N–H and O–H groups in total. The van der Waals surface area contributed by atoms with Crippen LogP contribution in [0.1, 0.15) is 6.42 Å². The third-order valence-electron chi connectivity index (χ3n) is 2.00. The Hall–Kier alpha value is -1.00. The fourth-order valence-corrected chi connectivity index (χ4v) is 2.81. The molecule has 0 heterocycles. The van der Waals surface area contributed by atoms with Crippen molar-refractivity contribution in [2.45, 2.75) is 12.8 Å². The van der Waals surface area contributed by atoms with Gasteiger partial charge in [-0.05, 0) is 40.5 Å². The molecule has 0 aromatic heterocycles. The van der Waals surface area contributed by atoms with Gasteiger partial charge >= 0.3 is 6.36 Å². The van der Waals surface area contributed by atoms with Gasteiger partial charge in [-0.15, -0.1) is 13.2 Å². The molecular weight excluding hydrogens is 367 g/mol. The third kappa shape index (κ3) is 5.97. The lowest BCUT2D eigenvalue weighted by Crippen LogP contribution is -2.18. The lowest BCUT2D eigenvalue weighted by Gasteiger charge is -2.12. The standard InChI is InChI=1S/C10H11BrF3NO4S/c11-8-6-7(15-20(17,18)5-1-4-16)2-3-9(8)19-10(12,13)14/h2-3,6,15-16H,1,4-5H2. The van der Waals surface area contributed by atoms with Gasteiger partial charge in [-0.2, -0.15) is 0 Å². The highest BCUT2D eigenvalue weighted by molar-refractivity contribution is 9.10. The first-order chi connectivity index (χ1) is 9.13. The molecule has 0 radical (unpaired) electrons. The Labute approximate surface area is 121 Å². The fourth-order valence-electron chi connectivity index (χ4n) is 1.26. The average molecular weight is 378 g/mol.